The third-order valence-electron chi connectivity index (χ3n) is 3.67. The van der Waals surface area contributed by atoms with Crippen molar-refractivity contribution >= 4 is 0 Å². The number of ether oxygens (including phenoxy) is 2. The quantitative estimate of drug-likeness (QED) is 0.633. The summed E-state index contributed by atoms with van der Waals surface area (Å²) in [6.45, 7) is 2.06. The third kappa shape index (κ3) is 3.54. The lowest BCUT2D eigenvalue weighted by Crippen LogP contribution is -2.30. The predicted octanol–water partition coefficient (Wildman–Crippen LogP) is 2.76. The van der Waals surface area contributed by atoms with E-state index in [1.807, 2.05) is 36.4 Å². The molecule has 0 amide bonds. The van der Waals surface area contributed by atoms with Crippen molar-refractivity contribution in [2.75, 3.05) is 14.2 Å². The molecular formula is C17H22N2O2. The fourth-order valence-corrected chi connectivity index (χ4v) is 2.52. The molecule has 2 aromatic carbocycles. The Bertz CT molecular complexity index is 599. The van der Waals surface area contributed by atoms with Gasteiger partial charge in [0.1, 0.15) is 11.5 Å². The zero-order valence-electron chi connectivity index (χ0n) is 12.7. The first-order valence-corrected chi connectivity index (χ1v) is 6.92. The van der Waals surface area contributed by atoms with Gasteiger partial charge in [-0.25, -0.2) is 0 Å². The minimum absolute atomic E-state index is 0.0206. The van der Waals surface area contributed by atoms with Gasteiger partial charge < -0.3 is 9.47 Å². The summed E-state index contributed by atoms with van der Waals surface area (Å²) in [7, 11) is 3.35. The average Bonchev–Trinajstić information content (AvgIpc) is 2.53. The van der Waals surface area contributed by atoms with Crippen LogP contribution in [0, 0.1) is 6.92 Å². The average molecular weight is 286 g/mol. The molecule has 112 valence electrons. The van der Waals surface area contributed by atoms with Crippen molar-refractivity contribution in [1.82, 2.24) is 5.43 Å². The molecule has 0 saturated heterocycles. The Morgan fingerprint density at radius 2 is 1.86 bits per heavy atom. The Balaban J connectivity index is 2.28. The van der Waals surface area contributed by atoms with Gasteiger partial charge in [-0.3, -0.25) is 11.3 Å². The number of hydrazine groups is 1. The molecule has 4 heteroatoms. The summed E-state index contributed by atoms with van der Waals surface area (Å²) in [4.78, 5) is 0. The van der Waals surface area contributed by atoms with E-state index in [-0.39, 0.29) is 6.04 Å². The summed E-state index contributed by atoms with van der Waals surface area (Å²) in [5, 5.41) is 0. The van der Waals surface area contributed by atoms with Crippen LogP contribution >= 0.6 is 0 Å². The fraction of sp³-hybridized carbons (Fsp3) is 0.294. The highest BCUT2D eigenvalue weighted by Gasteiger charge is 2.15. The second kappa shape index (κ2) is 7.11. The summed E-state index contributed by atoms with van der Waals surface area (Å²) in [5.74, 6) is 7.49. The predicted molar refractivity (Wildman–Crippen MR) is 84.5 cm³/mol. The smallest absolute Gasteiger partial charge is 0.122 e. The van der Waals surface area contributed by atoms with Crippen LogP contribution in [0.4, 0.5) is 0 Å². The zero-order valence-corrected chi connectivity index (χ0v) is 12.7. The first-order valence-electron chi connectivity index (χ1n) is 6.92. The lowest BCUT2D eigenvalue weighted by molar-refractivity contribution is 0.405. The summed E-state index contributed by atoms with van der Waals surface area (Å²) in [6.07, 6.45) is 0.758. The van der Waals surface area contributed by atoms with Crippen molar-refractivity contribution in [2.45, 2.75) is 19.4 Å². The Labute approximate surface area is 125 Å². The number of aryl methyl sites for hydroxylation is 1. The van der Waals surface area contributed by atoms with Crippen molar-refractivity contribution in [2.24, 2.45) is 5.84 Å². The molecule has 2 rings (SSSR count). The first-order chi connectivity index (χ1) is 10.2. The molecule has 0 heterocycles. The molecule has 21 heavy (non-hydrogen) atoms. The standard InChI is InChI=1S/C17H22N2O2/c1-12-10-14(20-2)8-9-15(12)16(19-18)11-13-6-4-5-7-17(13)21-3/h4-10,16,19H,11,18H2,1-3H3. The number of rotatable bonds is 6. The van der Waals surface area contributed by atoms with Crippen molar-refractivity contribution in [3.8, 4) is 11.5 Å². The minimum Gasteiger partial charge on any atom is -0.497 e. The van der Waals surface area contributed by atoms with E-state index in [1.54, 1.807) is 14.2 Å². The molecule has 1 unspecified atom stereocenters. The summed E-state index contributed by atoms with van der Waals surface area (Å²) >= 11 is 0. The molecule has 0 aliphatic carbocycles. The van der Waals surface area contributed by atoms with Crippen LogP contribution in [0.25, 0.3) is 0 Å². The number of para-hydroxylation sites is 1. The van der Waals surface area contributed by atoms with Crippen molar-refractivity contribution in [3.05, 3.63) is 59.2 Å². The number of hydrogen-bond donors (Lipinski definition) is 2. The van der Waals surface area contributed by atoms with Crippen LogP contribution in [0.15, 0.2) is 42.5 Å². The zero-order chi connectivity index (χ0) is 15.2. The van der Waals surface area contributed by atoms with E-state index in [1.165, 1.54) is 0 Å². The van der Waals surface area contributed by atoms with Gasteiger partial charge in [0.2, 0.25) is 0 Å². The normalized spacial score (nSPS) is 12.0. The van der Waals surface area contributed by atoms with Crippen LogP contribution in [-0.2, 0) is 6.42 Å². The number of methoxy groups -OCH3 is 2. The molecule has 0 aliphatic rings. The van der Waals surface area contributed by atoms with Gasteiger partial charge >= 0.3 is 0 Å². The molecule has 0 saturated carbocycles. The molecule has 1 atom stereocenters. The van der Waals surface area contributed by atoms with E-state index in [0.717, 1.165) is 34.6 Å². The first kappa shape index (κ1) is 15.4. The second-order valence-corrected chi connectivity index (χ2v) is 4.96. The molecule has 0 aromatic heterocycles. The maximum absolute atomic E-state index is 5.76. The summed E-state index contributed by atoms with van der Waals surface area (Å²) in [6, 6.07) is 14.0. The highest BCUT2D eigenvalue weighted by atomic mass is 16.5. The second-order valence-electron chi connectivity index (χ2n) is 4.96. The van der Waals surface area contributed by atoms with Gasteiger partial charge in [0.25, 0.3) is 0 Å². The Hall–Kier alpha value is -2.04. The molecule has 0 aliphatic heterocycles. The van der Waals surface area contributed by atoms with Crippen molar-refractivity contribution < 1.29 is 9.47 Å². The molecule has 0 fully saturated rings. The molecule has 4 nitrogen and oxygen atoms in total. The van der Waals surface area contributed by atoms with E-state index in [9.17, 15) is 0 Å². The highest BCUT2D eigenvalue weighted by Crippen LogP contribution is 2.28. The maximum Gasteiger partial charge on any atom is 0.122 e. The van der Waals surface area contributed by atoms with Gasteiger partial charge in [0, 0.05) is 0 Å². The lowest BCUT2D eigenvalue weighted by atomic mass is 9.95. The van der Waals surface area contributed by atoms with Crippen LogP contribution in [0.2, 0.25) is 0 Å². The monoisotopic (exact) mass is 286 g/mol. The number of benzene rings is 2. The van der Waals surface area contributed by atoms with Crippen LogP contribution in [0.3, 0.4) is 0 Å². The van der Waals surface area contributed by atoms with Gasteiger partial charge in [-0.2, -0.15) is 0 Å². The SMILES string of the molecule is COc1ccc(C(Cc2ccccc2OC)NN)c(C)c1. The largest absolute Gasteiger partial charge is 0.497 e. The molecule has 0 spiro atoms. The molecule has 0 bridgehead atoms. The molecular weight excluding hydrogens is 264 g/mol. The van der Waals surface area contributed by atoms with Gasteiger partial charge in [-0.05, 0) is 48.2 Å². The van der Waals surface area contributed by atoms with Crippen LogP contribution in [0.1, 0.15) is 22.7 Å². The number of nitrogens with one attached hydrogen (secondary N) is 1. The molecule has 2 aromatic rings. The number of nitrogens with two attached hydrogens (primary N) is 1. The minimum atomic E-state index is 0.0206. The number of hydrogen-bond acceptors (Lipinski definition) is 4. The van der Waals surface area contributed by atoms with E-state index < -0.39 is 0 Å². The highest BCUT2D eigenvalue weighted by molar-refractivity contribution is 5.39. The molecule has 3 N–H and O–H groups in total. The van der Waals surface area contributed by atoms with Crippen molar-refractivity contribution in [3.63, 3.8) is 0 Å². The van der Waals surface area contributed by atoms with E-state index in [2.05, 4.69) is 18.4 Å². The van der Waals surface area contributed by atoms with Crippen LogP contribution < -0.4 is 20.7 Å². The Morgan fingerprint density at radius 1 is 1.10 bits per heavy atom. The topological polar surface area (TPSA) is 56.5 Å². The fourth-order valence-electron chi connectivity index (χ4n) is 2.52. The summed E-state index contributed by atoms with van der Waals surface area (Å²) in [5.41, 5.74) is 6.33. The van der Waals surface area contributed by atoms with Gasteiger partial charge in [0.15, 0.2) is 0 Å². The van der Waals surface area contributed by atoms with Crippen molar-refractivity contribution in [1.29, 1.82) is 0 Å². The maximum atomic E-state index is 5.76. The third-order valence-corrected chi connectivity index (χ3v) is 3.67. The van der Waals surface area contributed by atoms with E-state index in [4.69, 9.17) is 15.3 Å². The van der Waals surface area contributed by atoms with E-state index >= 15 is 0 Å². The van der Waals surface area contributed by atoms with Gasteiger partial charge in [-0.1, -0.05) is 24.3 Å². The Kier molecular flexibility index (Phi) is 5.20. The van der Waals surface area contributed by atoms with Gasteiger partial charge in [-0.15, -0.1) is 0 Å². The van der Waals surface area contributed by atoms with Gasteiger partial charge in [0.05, 0.1) is 20.3 Å². The Morgan fingerprint density at radius 3 is 2.48 bits per heavy atom. The summed E-state index contributed by atoms with van der Waals surface area (Å²) < 4.78 is 10.7. The lowest BCUT2D eigenvalue weighted by Gasteiger charge is -2.20. The van der Waals surface area contributed by atoms with Crippen LogP contribution in [-0.4, -0.2) is 14.2 Å². The molecule has 0 radical (unpaired) electrons. The van der Waals surface area contributed by atoms with Crippen LogP contribution in [0.5, 0.6) is 11.5 Å². The van der Waals surface area contributed by atoms with E-state index in [0.29, 0.717) is 0 Å².